The fourth-order valence-corrected chi connectivity index (χ4v) is 4.31. The van der Waals surface area contributed by atoms with E-state index < -0.39 is 0 Å². The normalized spacial score (nSPS) is 31.4. The molecule has 0 amide bonds. The van der Waals surface area contributed by atoms with Crippen LogP contribution in [0.3, 0.4) is 0 Å². The minimum atomic E-state index is 0.386. The number of piperidine rings is 1. The Labute approximate surface area is 133 Å². The van der Waals surface area contributed by atoms with Crippen molar-refractivity contribution in [3.63, 3.8) is 0 Å². The van der Waals surface area contributed by atoms with E-state index in [-0.39, 0.29) is 0 Å². The molecule has 3 fully saturated rings. The average molecular weight is 300 g/mol. The highest BCUT2D eigenvalue weighted by molar-refractivity contribution is 5.48. The van der Waals surface area contributed by atoms with E-state index in [0.717, 1.165) is 35.9 Å². The number of rotatable bonds is 5. The van der Waals surface area contributed by atoms with Crippen molar-refractivity contribution in [3.05, 3.63) is 23.8 Å². The molecular weight excluding hydrogens is 272 g/mol. The minimum absolute atomic E-state index is 0.386. The third-order valence-corrected chi connectivity index (χ3v) is 5.95. The number of anilines is 1. The molecule has 2 bridgehead atoms. The van der Waals surface area contributed by atoms with Crippen molar-refractivity contribution >= 4 is 5.69 Å². The van der Waals surface area contributed by atoms with Gasteiger partial charge in [-0.05, 0) is 75.3 Å². The highest BCUT2D eigenvalue weighted by Crippen LogP contribution is 2.38. The van der Waals surface area contributed by atoms with Gasteiger partial charge in [-0.1, -0.05) is 12.8 Å². The Kier molecular flexibility index (Phi) is 3.77. The van der Waals surface area contributed by atoms with Crippen molar-refractivity contribution in [2.24, 2.45) is 5.92 Å². The maximum atomic E-state index is 6.44. The summed E-state index contributed by atoms with van der Waals surface area (Å²) < 4.78 is 6.44. The number of nitrogens with zero attached hydrogens (tertiary/aromatic N) is 1. The Morgan fingerprint density at radius 3 is 2.55 bits per heavy atom. The molecule has 22 heavy (non-hydrogen) atoms. The van der Waals surface area contributed by atoms with Gasteiger partial charge >= 0.3 is 0 Å². The van der Waals surface area contributed by atoms with Crippen molar-refractivity contribution in [1.29, 1.82) is 0 Å². The maximum Gasteiger partial charge on any atom is 0.123 e. The number of nitrogen functional groups attached to an aromatic ring is 1. The van der Waals surface area contributed by atoms with E-state index in [1.807, 2.05) is 6.07 Å². The molecule has 1 unspecified atom stereocenters. The van der Waals surface area contributed by atoms with Crippen LogP contribution in [0.5, 0.6) is 5.75 Å². The van der Waals surface area contributed by atoms with Gasteiger partial charge in [0.25, 0.3) is 0 Å². The second-order valence-electron chi connectivity index (χ2n) is 7.61. The minimum Gasteiger partial charge on any atom is -0.490 e. The summed E-state index contributed by atoms with van der Waals surface area (Å²) in [7, 11) is 2.28. The predicted octanol–water partition coefficient (Wildman–Crippen LogP) is 3.62. The summed E-state index contributed by atoms with van der Waals surface area (Å²) in [6.45, 7) is 0. The summed E-state index contributed by atoms with van der Waals surface area (Å²) >= 11 is 0. The number of ether oxygens (including phenoxy) is 1. The fraction of sp³-hybridized carbons (Fsp3) is 0.684. The number of aryl methyl sites for hydroxylation is 1. The molecule has 0 radical (unpaired) electrons. The topological polar surface area (TPSA) is 38.5 Å². The highest BCUT2D eigenvalue weighted by atomic mass is 16.5. The summed E-state index contributed by atoms with van der Waals surface area (Å²) in [4.78, 5) is 2.57. The maximum absolute atomic E-state index is 6.44. The number of hydrogen-bond donors (Lipinski definition) is 1. The molecule has 2 saturated heterocycles. The van der Waals surface area contributed by atoms with Gasteiger partial charge in [-0.3, -0.25) is 0 Å². The third-order valence-electron chi connectivity index (χ3n) is 5.95. The van der Waals surface area contributed by atoms with Crippen molar-refractivity contribution in [3.8, 4) is 5.75 Å². The fourth-order valence-electron chi connectivity index (χ4n) is 4.31. The number of benzene rings is 1. The first kappa shape index (κ1) is 14.4. The number of fused-ring (bicyclic) bond motifs is 2. The van der Waals surface area contributed by atoms with Crippen LogP contribution >= 0.6 is 0 Å². The zero-order valence-corrected chi connectivity index (χ0v) is 13.6. The second kappa shape index (κ2) is 5.77. The summed E-state index contributed by atoms with van der Waals surface area (Å²) in [5.74, 6) is 2.04. The van der Waals surface area contributed by atoms with Gasteiger partial charge in [0.2, 0.25) is 0 Å². The zero-order valence-electron chi connectivity index (χ0n) is 13.6. The summed E-state index contributed by atoms with van der Waals surface area (Å²) in [5.41, 5.74) is 8.17. The Morgan fingerprint density at radius 1 is 1.14 bits per heavy atom. The van der Waals surface area contributed by atoms with Crippen molar-refractivity contribution in [2.75, 3.05) is 12.8 Å². The monoisotopic (exact) mass is 300 g/mol. The highest BCUT2D eigenvalue weighted by Gasteiger charge is 2.39. The Bertz CT molecular complexity index is 526. The van der Waals surface area contributed by atoms with Crippen LogP contribution in [-0.4, -0.2) is 30.1 Å². The molecular formula is C19H28N2O. The first-order valence-corrected chi connectivity index (χ1v) is 8.96. The van der Waals surface area contributed by atoms with E-state index in [0.29, 0.717) is 6.10 Å². The lowest BCUT2D eigenvalue weighted by Gasteiger charge is -2.36. The van der Waals surface area contributed by atoms with E-state index in [2.05, 4.69) is 24.1 Å². The average Bonchev–Trinajstić information content (AvgIpc) is 3.29. The van der Waals surface area contributed by atoms with Crippen LogP contribution in [0.25, 0.3) is 0 Å². The second-order valence-corrected chi connectivity index (χ2v) is 7.61. The van der Waals surface area contributed by atoms with Gasteiger partial charge in [0.1, 0.15) is 11.9 Å². The van der Waals surface area contributed by atoms with E-state index >= 15 is 0 Å². The Hall–Kier alpha value is -1.22. The van der Waals surface area contributed by atoms with Crippen LogP contribution in [0.15, 0.2) is 18.2 Å². The van der Waals surface area contributed by atoms with Crippen LogP contribution in [0.4, 0.5) is 5.69 Å². The molecule has 1 aromatic rings. The smallest absolute Gasteiger partial charge is 0.123 e. The Balaban J connectivity index is 1.45. The standard InChI is InChI=1S/C19H28N2O/c1-21-16-7-8-17(21)12-18(11-16)22-19-9-6-15(20)10-14(19)5-4-13-2-3-13/h6,9-10,13,16-18H,2-5,7-8,11-12,20H2,1H3/t16-,17+,18?. The summed E-state index contributed by atoms with van der Waals surface area (Å²) in [5, 5.41) is 0. The summed E-state index contributed by atoms with van der Waals surface area (Å²) in [6, 6.07) is 7.67. The van der Waals surface area contributed by atoms with Crippen LogP contribution in [0, 0.1) is 5.92 Å². The quantitative estimate of drug-likeness (QED) is 0.844. The van der Waals surface area contributed by atoms with Crippen molar-refractivity contribution < 1.29 is 4.74 Å². The predicted molar refractivity (Wildman–Crippen MR) is 90.1 cm³/mol. The molecule has 120 valence electrons. The van der Waals surface area contributed by atoms with Crippen molar-refractivity contribution in [1.82, 2.24) is 4.90 Å². The Morgan fingerprint density at radius 2 is 1.86 bits per heavy atom. The summed E-state index contributed by atoms with van der Waals surface area (Å²) in [6.07, 6.45) is 10.7. The largest absolute Gasteiger partial charge is 0.490 e. The van der Waals surface area contributed by atoms with E-state index in [1.165, 1.54) is 50.5 Å². The molecule has 3 nitrogen and oxygen atoms in total. The molecule has 3 aliphatic rings. The third kappa shape index (κ3) is 2.96. The first-order valence-electron chi connectivity index (χ1n) is 8.96. The van der Waals surface area contributed by atoms with Crippen LogP contribution in [0.1, 0.15) is 50.5 Å². The molecule has 1 aliphatic carbocycles. The molecule has 2 N–H and O–H groups in total. The molecule has 2 aliphatic heterocycles. The number of hydrogen-bond acceptors (Lipinski definition) is 3. The molecule has 1 aromatic carbocycles. The lowest BCUT2D eigenvalue weighted by Crippen LogP contribution is -2.43. The van der Waals surface area contributed by atoms with E-state index in [4.69, 9.17) is 10.5 Å². The van der Waals surface area contributed by atoms with E-state index in [9.17, 15) is 0 Å². The zero-order chi connectivity index (χ0) is 15.1. The van der Waals surface area contributed by atoms with Gasteiger partial charge in [-0.2, -0.15) is 0 Å². The first-order chi connectivity index (χ1) is 10.7. The molecule has 3 atom stereocenters. The van der Waals surface area contributed by atoms with Gasteiger partial charge in [-0.15, -0.1) is 0 Å². The molecule has 1 saturated carbocycles. The molecule has 0 aromatic heterocycles. The van der Waals surface area contributed by atoms with Crippen molar-refractivity contribution in [2.45, 2.75) is 69.6 Å². The SMILES string of the molecule is CN1[C@@H]2CC[C@H]1CC(Oc1ccc(N)cc1CCC1CC1)C2. The van der Waals surface area contributed by atoms with Gasteiger partial charge in [-0.25, -0.2) is 0 Å². The van der Waals surface area contributed by atoms with Gasteiger partial charge in [0, 0.05) is 17.8 Å². The lowest BCUT2D eigenvalue weighted by atomic mass is 10.00. The number of nitrogens with two attached hydrogens (primary N) is 1. The lowest BCUT2D eigenvalue weighted by molar-refractivity contribution is 0.0655. The van der Waals surface area contributed by atoms with Crippen LogP contribution in [0.2, 0.25) is 0 Å². The van der Waals surface area contributed by atoms with E-state index in [1.54, 1.807) is 0 Å². The molecule has 3 heteroatoms. The van der Waals surface area contributed by atoms with Gasteiger partial charge in [0.05, 0.1) is 0 Å². The molecule has 4 rings (SSSR count). The molecule has 0 spiro atoms. The molecule has 2 heterocycles. The van der Waals surface area contributed by atoms with Gasteiger partial charge < -0.3 is 15.4 Å². The van der Waals surface area contributed by atoms with Crippen LogP contribution < -0.4 is 10.5 Å². The van der Waals surface area contributed by atoms with Gasteiger partial charge in [0.15, 0.2) is 0 Å². The van der Waals surface area contributed by atoms with Crippen LogP contribution in [-0.2, 0) is 6.42 Å².